The second-order valence-corrected chi connectivity index (χ2v) is 7.59. The Bertz CT molecular complexity index is 828. The van der Waals surface area contributed by atoms with E-state index in [1.807, 2.05) is 0 Å². The maximum Gasteiger partial charge on any atom is 0.257 e. The summed E-state index contributed by atoms with van der Waals surface area (Å²) in [5.41, 5.74) is -0.850. The van der Waals surface area contributed by atoms with Crippen molar-refractivity contribution in [2.24, 2.45) is 5.41 Å². The predicted octanol–water partition coefficient (Wildman–Crippen LogP) is 1.26. The van der Waals surface area contributed by atoms with E-state index in [1.165, 1.54) is 12.1 Å². The van der Waals surface area contributed by atoms with Crippen LogP contribution in [0.3, 0.4) is 0 Å². The molecule has 1 unspecified atom stereocenters. The number of carbonyl (C=O) groups excluding carboxylic acids is 1. The molecule has 0 aliphatic carbocycles. The first-order valence-corrected chi connectivity index (χ1v) is 8.35. The van der Waals surface area contributed by atoms with Crippen molar-refractivity contribution in [1.82, 2.24) is 19.8 Å². The third-order valence-electron chi connectivity index (χ3n) is 5.12. The van der Waals surface area contributed by atoms with Crippen LogP contribution in [0.25, 0.3) is 5.69 Å². The summed E-state index contributed by atoms with van der Waals surface area (Å²) in [4.78, 5) is 18.9. The van der Waals surface area contributed by atoms with Gasteiger partial charge in [-0.3, -0.25) is 4.79 Å². The van der Waals surface area contributed by atoms with E-state index in [2.05, 4.69) is 24.1 Å². The van der Waals surface area contributed by atoms with Crippen molar-refractivity contribution in [2.75, 3.05) is 19.6 Å². The third kappa shape index (κ3) is 2.46. The summed E-state index contributed by atoms with van der Waals surface area (Å²) in [6.45, 7) is 5.22. The second-order valence-electron chi connectivity index (χ2n) is 7.59. The first-order chi connectivity index (χ1) is 11.8. The molecule has 2 aliphatic rings. The van der Waals surface area contributed by atoms with Crippen LogP contribution in [-0.2, 0) is 4.79 Å². The minimum absolute atomic E-state index is 0.181. The number of aliphatic hydroxyl groups is 1. The van der Waals surface area contributed by atoms with Crippen LogP contribution in [0.1, 0.15) is 25.7 Å². The molecule has 4 rings (SSSR count). The average Bonchev–Trinajstić information content (AvgIpc) is 2.98. The lowest BCUT2D eigenvalue weighted by atomic mass is 9.73. The summed E-state index contributed by atoms with van der Waals surface area (Å²) in [5.74, 6) is 0.0725. The van der Waals surface area contributed by atoms with Crippen LogP contribution >= 0.6 is 0 Å². The fourth-order valence-electron chi connectivity index (χ4n) is 3.75. The summed E-state index contributed by atoms with van der Waals surface area (Å²) in [5, 5.41) is 13.3. The van der Waals surface area contributed by atoms with Crippen LogP contribution in [0.4, 0.5) is 4.39 Å². The number of amides is 1. The number of hydrogen-bond donors (Lipinski definition) is 2. The van der Waals surface area contributed by atoms with Crippen molar-refractivity contribution in [3.63, 3.8) is 0 Å². The molecule has 1 atom stereocenters. The number of β-amino-alcohol motifs (C(OH)–C–C–N with tert-alkyl or cyclic N) is 1. The van der Waals surface area contributed by atoms with Gasteiger partial charge in [0.15, 0.2) is 5.60 Å². The molecule has 2 fully saturated rings. The van der Waals surface area contributed by atoms with Gasteiger partial charge < -0.3 is 19.9 Å². The van der Waals surface area contributed by atoms with Crippen LogP contribution in [0.15, 0.2) is 36.7 Å². The van der Waals surface area contributed by atoms with Crippen LogP contribution < -0.4 is 5.32 Å². The molecular formula is C18H21FN4O2. The largest absolute Gasteiger partial charge is 0.377 e. The normalized spacial score (nSPS) is 23.7. The van der Waals surface area contributed by atoms with Gasteiger partial charge >= 0.3 is 0 Å². The molecule has 1 aromatic heterocycles. The number of nitrogens with one attached hydrogen (secondary N) is 1. The maximum atomic E-state index is 13.6. The first-order valence-electron chi connectivity index (χ1n) is 8.35. The van der Waals surface area contributed by atoms with Gasteiger partial charge in [0.25, 0.3) is 5.91 Å². The molecule has 6 nitrogen and oxygen atoms in total. The summed E-state index contributed by atoms with van der Waals surface area (Å²) in [6, 6.07) is 6.00. The highest BCUT2D eigenvalue weighted by Crippen LogP contribution is 2.49. The fourth-order valence-corrected chi connectivity index (χ4v) is 3.75. The van der Waals surface area contributed by atoms with Gasteiger partial charge in [-0.05, 0) is 18.2 Å². The minimum atomic E-state index is -1.33. The van der Waals surface area contributed by atoms with Gasteiger partial charge in [0.05, 0.1) is 6.04 Å². The number of hydrogen-bond acceptors (Lipinski definition) is 4. The van der Waals surface area contributed by atoms with Gasteiger partial charge in [-0.25, -0.2) is 9.37 Å². The molecule has 0 spiro atoms. The Balaban J connectivity index is 1.70. The number of halogens is 1. The number of benzene rings is 1. The number of imidazole rings is 1. The van der Waals surface area contributed by atoms with E-state index in [9.17, 15) is 14.3 Å². The topological polar surface area (TPSA) is 70.4 Å². The second kappa shape index (κ2) is 5.37. The summed E-state index contributed by atoms with van der Waals surface area (Å²) >= 11 is 0. The monoisotopic (exact) mass is 344 g/mol. The highest BCUT2D eigenvalue weighted by Gasteiger charge is 2.56. The van der Waals surface area contributed by atoms with E-state index >= 15 is 0 Å². The number of likely N-dealkylation sites (tertiary alicyclic amines) is 1. The third-order valence-corrected chi connectivity index (χ3v) is 5.12. The number of aromatic nitrogens is 2. The lowest BCUT2D eigenvalue weighted by molar-refractivity contribution is -0.178. The summed E-state index contributed by atoms with van der Waals surface area (Å²) in [7, 11) is 0. The van der Waals surface area contributed by atoms with E-state index in [-0.39, 0.29) is 36.3 Å². The Morgan fingerprint density at radius 2 is 2.16 bits per heavy atom. The number of carbonyl (C=O) groups is 1. The quantitative estimate of drug-likeness (QED) is 0.879. The molecule has 0 bridgehead atoms. The molecule has 7 heteroatoms. The molecule has 132 valence electrons. The number of rotatable bonds is 3. The lowest BCUT2D eigenvalue weighted by Crippen LogP contribution is -2.72. The lowest BCUT2D eigenvalue weighted by Gasteiger charge is -2.56. The highest BCUT2D eigenvalue weighted by molar-refractivity contribution is 5.88. The standard InChI is InChI=1S/C18H21FN4O2/c1-17(2)11-23(16(24)18(25)9-20-10-18)14(17)15-21-6-7-22(15)13-5-3-4-12(19)8-13/h3-8,14,20,25H,9-11H2,1-2H3. The van der Waals surface area contributed by atoms with Crippen LogP contribution in [-0.4, -0.2) is 50.7 Å². The van der Waals surface area contributed by atoms with E-state index in [4.69, 9.17) is 0 Å². The molecule has 2 N–H and O–H groups in total. The highest BCUT2D eigenvalue weighted by atomic mass is 19.1. The zero-order chi connectivity index (χ0) is 17.8. The Kier molecular flexibility index (Phi) is 3.49. The summed E-state index contributed by atoms with van der Waals surface area (Å²) in [6.07, 6.45) is 3.41. The van der Waals surface area contributed by atoms with Gasteiger partial charge in [-0.1, -0.05) is 19.9 Å². The van der Waals surface area contributed by atoms with Crippen LogP contribution in [0, 0.1) is 11.2 Å². The van der Waals surface area contributed by atoms with Gasteiger partial charge in [0, 0.05) is 43.1 Å². The van der Waals surface area contributed by atoms with Crippen molar-refractivity contribution in [2.45, 2.75) is 25.5 Å². The van der Waals surface area contributed by atoms with Crippen molar-refractivity contribution >= 4 is 5.91 Å². The van der Waals surface area contributed by atoms with Gasteiger partial charge in [0.2, 0.25) is 0 Å². The molecule has 3 heterocycles. The molecule has 1 amide bonds. The van der Waals surface area contributed by atoms with Crippen LogP contribution in [0.2, 0.25) is 0 Å². The molecular weight excluding hydrogens is 323 g/mol. The molecule has 0 saturated carbocycles. The SMILES string of the molecule is CC1(C)CN(C(=O)C2(O)CNC2)C1c1nccn1-c1cccc(F)c1. The van der Waals surface area contributed by atoms with E-state index in [0.29, 0.717) is 18.1 Å². The van der Waals surface area contributed by atoms with E-state index < -0.39 is 5.60 Å². The smallest absolute Gasteiger partial charge is 0.257 e. The molecule has 0 radical (unpaired) electrons. The van der Waals surface area contributed by atoms with Crippen LogP contribution in [0.5, 0.6) is 0 Å². The molecule has 1 aromatic carbocycles. The molecule has 2 saturated heterocycles. The Morgan fingerprint density at radius 3 is 2.76 bits per heavy atom. The summed E-state index contributed by atoms with van der Waals surface area (Å²) < 4.78 is 15.4. The zero-order valence-electron chi connectivity index (χ0n) is 14.2. The van der Waals surface area contributed by atoms with E-state index in [1.54, 1.807) is 34.0 Å². The van der Waals surface area contributed by atoms with Gasteiger partial charge in [0.1, 0.15) is 11.6 Å². The predicted molar refractivity (Wildman–Crippen MR) is 89.6 cm³/mol. The van der Waals surface area contributed by atoms with Crippen molar-refractivity contribution in [3.8, 4) is 5.69 Å². The van der Waals surface area contributed by atoms with E-state index in [0.717, 1.165) is 0 Å². The fraction of sp³-hybridized carbons (Fsp3) is 0.444. The number of nitrogens with zero attached hydrogens (tertiary/aromatic N) is 3. The Morgan fingerprint density at radius 1 is 1.40 bits per heavy atom. The molecule has 2 aromatic rings. The van der Waals surface area contributed by atoms with Gasteiger partial charge in [-0.2, -0.15) is 0 Å². The van der Waals surface area contributed by atoms with Crippen molar-refractivity contribution < 1.29 is 14.3 Å². The van der Waals surface area contributed by atoms with Crippen molar-refractivity contribution in [3.05, 3.63) is 48.3 Å². The molecule has 25 heavy (non-hydrogen) atoms. The Labute approximate surface area is 145 Å². The Hall–Kier alpha value is -2.25. The maximum absolute atomic E-state index is 13.6. The molecule has 2 aliphatic heterocycles. The average molecular weight is 344 g/mol. The zero-order valence-corrected chi connectivity index (χ0v) is 14.2. The first kappa shape index (κ1) is 16.2. The van der Waals surface area contributed by atoms with Crippen molar-refractivity contribution in [1.29, 1.82) is 0 Å². The minimum Gasteiger partial charge on any atom is -0.377 e. The van der Waals surface area contributed by atoms with Gasteiger partial charge in [-0.15, -0.1) is 0 Å².